The highest BCUT2D eigenvalue weighted by atomic mass is 19.1. The summed E-state index contributed by atoms with van der Waals surface area (Å²) in [6.45, 7) is 0.420. The molecular weight excluding hydrogens is 330 g/mol. The molecule has 0 saturated heterocycles. The number of amides is 2. The fourth-order valence-corrected chi connectivity index (χ4v) is 3.04. The summed E-state index contributed by atoms with van der Waals surface area (Å²) in [6.07, 6.45) is 3.23. The number of carbonyl (C=O) groups is 2. The minimum absolute atomic E-state index is 0.190. The fourth-order valence-electron chi connectivity index (χ4n) is 3.04. The number of carbonyl (C=O) groups excluding carboxylic acids is 2. The fraction of sp³-hybridized carbons (Fsp3) is 0.333. The molecule has 2 aromatic rings. The van der Waals surface area contributed by atoms with Crippen molar-refractivity contribution in [1.29, 1.82) is 0 Å². The zero-order valence-electron chi connectivity index (χ0n) is 13.5. The topological polar surface area (TPSA) is 71.3 Å². The first kappa shape index (κ1) is 17.1. The van der Waals surface area contributed by atoms with Crippen molar-refractivity contribution in [1.82, 2.24) is 10.6 Å². The van der Waals surface area contributed by atoms with Crippen molar-refractivity contribution in [3.63, 3.8) is 0 Å². The zero-order chi connectivity index (χ0) is 17.9. The maximum absolute atomic E-state index is 14.1. The molecule has 2 amide bonds. The van der Waals surface area contributed by atoms with E-state index in [2.05, 4.69) is 10.6 Å². The minimum Gasteiger partial charge on any atom is -0.459 e. The van der Waals surface area contributed by atoms with E-state index in [4.69, 9.17) is 4.42 Å². The number of halogens is 2. The maximum Gasteiger partial charge on any atom is 0.287 e. The van der Waals surface area contributed by atoms with Crippen molar-refractivity contribution in [2.24, 2.45) is 0 Å². The first-order valence-corrected chi connectivity index (χ1v) is 8.08. The lowest BCUT2D eigenvalue weighted by Crippen LogP contribution is -2.51. The van der Waals surface area contributed by atoms with E-state index >= 15 is 0 Å². The van der Waals surface area contributed by atoms with Gasteiger partial charge in [-0.3, -0.25) is 9.59 Å². The van der Waals surface area contributed by atoms with Gasteiger partial charge in [0.2, 0.25) is 5.91 Å². The molecule has 7 heteroatoms. The van der Waals surface area contributed by atoms with Crippen LogP contribution in [0.1, 0.15) is 35.4 Å². The number of hydrogen-bond donors (Lipinski definition) is 2. The van der Waals surface area contributed by atoms with E-state index in [-0.39, 0.29) is 36.2 Å². The van der Waals surface area contributed by atoms with Crippen LogP contribution in [0.5, 0.6) is 0 Å². The third-order valence-electron chi connectivity index (χ3n) is 4.53. The second-order valence-corrected chi connectivity index (χ2v) is 6.05. The summed E-state index contributed by atoms with van der Waals surface area (Å²) in [6, 6.07) is 6.44. The first-order valence-electron chi connectivity index (χ1n) is 8.08. The molecule has 0 radical (unpaired) electrons. The molecule has 132 valence electrons. The van der Waals surface area contributed by atoms with Crippen LogP contribution in [0.4, 0.5) is 8.78 Å². The first-order chi connectivity index (χ1) is 12.0. The summed E-state index contributed by atoms with van der Waals surface area (Å²) in [7, 11) is 0. The zero-order valence-corrected chi connectivity index (χ0v) is 13.5. The predicted molar refractivity (Wildman–Crippen MR) is 85.9 cm³/mol. The van der Waals surface area contributed by atoms with E-state index in [0.29, 0.717) is 12.8 Å². The highest BCUT2D eigenvalue weighted by molar-refractivity contribution is 5.91. The van der Waals surface area contributed by atoms with Crippen molar-refractivity contribution in [3.05, 3.63) is 59.6 Å². The van der Waals surface area contributed by atoms with Crippen LogP contribution in [-0.2, 0) is 10.2 Å². The Bertz CT molecular complexity index is 771. The Kier molecular flexibility index (Phi) is 4.83. The normalized spacial score (nSPS) is 15.3. The van der Waals surface area contributed by atoms with Gasteiger partial charge in [0.05, 0.1) is 11.7 Å². The predicted octanol–water partition coefficient (Wildman–Crippen LogP) is 2.53. The van der Waals surface area contributed by atoms with Crippen molar-refractivity contribution in [3.8, 4) is 0 Å². The van der Waals surface area contributed by atoms with Crippen molar-refractivity contribution in [2.75, 3.05) is 13.1 Å². The number of furan rings is 1. The number of rotatable bonds is 6. The standard InChI is InChI=1S/C18H18F2N2O3/c19-12-4-5-13(14(20)11-12)18(6-2-7-18)17(24)22-9-8-21-16(23)15-3-1-10-25-15/h1,3-5,10-11H,2,6-9H2,(H,21,23)(H,22,24). The van der Waals surface area contributed by atoms with Crippen LogP contribution in [0.25, 0.3) is 0 Å². The van der Waals surface area contributed by atoms with Crippen molar-refractivity contribution in [2.45, 2.75) is 24.7 Å². The van der Waals surface area contributed by atoms with E-state index in [1.54, 1.807) is 6.07 Å². The minimum atomic E-state index is -0.956. The van der Waals surface area contributed by atoms with Crippen LogP contribution in [0.2, 0.25) is 0 Å². The van der Waals surface area contributed by atoms with Crippen LogP contribution < -0.4 is 10.6 Å². The van der Waals surface area contributed by atoms with Gasteiger partial charge in [-0.2, -0.15) is 0 Å². The quantitative estimate of drug-likeness (QED) is 0.788. The van der Waals surface area contributed by atoms with Gasteiger partial charge in [0.1, 0.15) is 11.6 Å². The molecular formula is C18H18F2N2O3. The molecule has 1 aliphatic rings. The van der Waals surface area contributed by atoms with Gasteiger partial charge in [-0.15, -0.1) is 0 Å². The lowest BCUT2D eigenvalue weighted by Gasteiger charge is -2.40. The highest BCUT2D eigenvalue weighted by Gasteiger charge is 2.47. The summed E-state index contributed by atoms with van der Waals surface area (Å²) < 4.78 is 32.2. The molecule has 1 fully saturated rings. The molecule has 0 aliphatic heterocycles. The van der Waals surface area contributed by atoms with Gasteiger partial charge in [0, 0.05) is 24.7 Å². The maximum atomic E-state index is 14.1. The monoisotopic (exact) mass is 348 g/mol. The third kappa shape index (κ3) is 3.40. The largest absolute Gasteiger partial charge is 0.459 e. The molecule has 1 saturated carbocycles. The van der Waals surface area contributed by atoms with Gasteiger partial charge >= 0.3 is 0 Å². The van der Waals surface area contributed by atoms with E-state index in [1.165, 1.54) is 18.4 Å². The number of nitrogens with one attached hydrogen (secondary N) is 2. The SMILES string of the molecule is O=C(NCCNC(=O)C1(c2ccc(F)cc2F)CCC1)c1ccco1. The molecule has 3 rings (SSSR count). The number of benzene rings is 1. The summed E-state index contributed by atoms with van der Waals surface area (Å²) in [4.78, 5) is 24.3. The Balaban J connectivity index is 1.57. The summed E-state index contributed by atoms with van der Waals surface area (Å²) >= 11 is 0. The molecule has 1 aromatic carbocycles. The Morgan fingerprint density at radius 2 is 1.88 bits per heavy atom. The van der Waals surface area contributed by atoms with E-state index in [0.717, 1.165) is 18.6 Å². The second-order valence-electron chi connectivity index (χ2n) is 6.05. The molecule has 0 bridgehead atoms. The summed E-state index contributed by atoms with van der Waals surface area (Å²) in [5.74, 6) is -1.87. The Hall–Kier alpha value is -2.70. The van der Waals surface area contributed by atoms with Gasteiger partial charge in [-0.25, -0.2) is 8.78 Å². The number of hydrogen-bond acceptors (Lipinski definition) is 3. The molecule has 2 N–H and O–H groups in total. The molecule has 0 atom stereocenters. The van der Waals surface area contributed by atoms with E-state index in [9.17, 15) is 18.4 Å². The average Bonchev–Trinajstić information content (AvgIpc) is 3.07. The van der Waals surface area contributed by atoms with Crippen LogP contribution in [0.15, 0.2) is 41.0 Å². The molecule has 5 nitrogen and oxygen atoms in total. The molecule has 1 aromatic heterocycles. The van der Waals surface area contributed by atoms with Crippen LogP contribution in [0, 0.1) is 11.6 Å². The summed E-state index contributed by atoms with van der Waals surface area (Å²) in [5.41, 5.74) is -0.736. The second kappa shape index (κ2) is 7.04. The molecule has 0 unspecified atom stereocenters. The molecule has 1 aliphatic carbocycles. The molecule has 25 heavy (non-hydrogen) atoms. The van der Waals surface area contributed by atoms with Crippen LogP contribution in [0.3, 0.4) is 0 Å². The van der Waals surface area contributed by atoms with E-state index < -0.39 is 17.0 Å². The highest BCUT2D eigenvalue weighted by Crippen LogP contribution is 2.45. The summed E-state index contributed by atoms with van der Waals surface area (Å²) in [5, 5.41) is 5.34. The lowest BCUT2D eigenvalue weighted by molar-refractivity contribution is -0.130. The van der Waals surface area contributed by atoms with Gasteiger partial charge in [0.25, 0.3) is 5.91 Å². The molecule has 0 spiro atoms. The Morgan fingerprint density at radius 1 is 1.12 bits per heavy atom. The average molecular weight is 348 g/mol. The van der Waals surface area contributed by atoms with Crippen molar-refractivity contribution < 1.29 is 22.8 Å². The third-order valence-corrected chi connectivity index (χ3v) is 4.53. The molecule has 1 heterocycles. The van der Waals surface area contributed by atoms with Crippen LogP contribution in [-0.4, -0.2) is 24.9 Å². The van der Waals surface area contributed by atoms with Gasteiger partial charge in [-0.1, -0.05) is 12.5 Å². The smallest absolute Gasteiger partial charge is 0.287 e. The van der Waals surface area contributed by atoms with Gasteiger partial charge in [-0.05, 0) is 31.0 Å². The Morgan fingerprint density at radius 3 is 2.48 bits per heavy atom. The van der Waals surface area contributed by atoms with Crippen molar-refractivity contribution >= 4 is 11.8 Å². The lowest BCUT2D eigenvalue weighted by atomic mass is 9.63. The van der Waals surface area contributed by atoms with Gasteiger partial charge in [0.15, 0.2) is 5.76 Å². The van der Waals surface area contributed by atoms with Crippen LogP contribution >= 0.6 is 0 Å². The van der Waals surface area contributed by atoms with E-state index in [1.807, 2.05) is 0 Å². The Labute approximate surface area is 143 Å². The van der Waals surface area contributed by atoms with Gasteiger partial charge < -0.3 is 15.1 Å².